The molecule has 0 aliphatic rings. The Balaban J connectivity index is 1.59. The van der Waals surface area contributed by atoms with E-state index in [2.05, 4.69) is 49.7 Å². The average molecular weight is 535 g/mol. The highest BCUT2D eigenvalue weighted by Gasteiger charge is 2.26. The molecule has 0 radical (unpaired) electrons. The van der Waals surface area contributed by atoms with Crippen LogP contribution in [0, 0.1) is 0 Å². The van der Waals surface area contributed by atoms with Crippen molar-refractivity contribution in [2.45, 2.75) is 77.1 Å². The van der Waals surface area contributed by atoms with Crippen LogP contribution in [0.5, 0.6) is 0 Å². The van der Waals surface area contributed by atoms with E-state index in [-0.39, 0.29) is 24.6 Å². The summed E-state index contributed by atoms with van der Waals surface area (Å²) < 4.78 is 0. The Morgan fingerprint density at radius 1 is 0.949 bits per heavy atom. The van der Waals surface area contributed by atoms with Crippen LogP contribution in [0.4, 0.5) is 23.5 Å². The molecular formula is C27H38N10O2. The molecule has 208 valence electrons. The van der Waals surface area contributed by atoms with Gasteiger partial charge in [-0.2, -0.15) is 9.97 Å². The molecule has 4 rings (SSSR count). The fourth-order valence-electron chi connectivity index (χ4n) is 4.59. The molecule has 4 heterocycles. The summed E-state index contributed by atoms with van der Waals surface area (Å²) in [5.41, 5.74) is 7.91. The van der Waals surface area contributed by atoms with E-state index in [9.17, 15) is 10.2 Å². The summed E-state index contributed by atoms with van der Waals surface area (Å²) in [6.45, 7) is 7.79. The lowest BCUT2D eigenvalue weighted by Crippen LogP contribution is -2.39. The van der Waals surface area contributed by atoms with Crippen LogP contribution in [0.2, 0.25) is 0 Å². The summed E-state index contributed by atoms with van der Waals surface area (Å²) in [6, 6.07) is 6.86. The number of fused-ring (bicyclic) bond motifs is 2. The van der Waals surface area contributed by atoms with Crippen LogP contribution in [0.1, 0.15) is 53.4 Å². The van der Waals surface area contributed by atoms with Crippen molar-refractivity contribution < 1.29 is 10.2 Å². The Kier molecular flexibility index (Phi) is 8.87. The first-order chi connectivity index (χ1) is 18.7. The topological polar surface area (TPSA) is 180 Å². The summed E-state index contributed by atoms with van der Waals surface area (Å²) in [5.74, 6) is 1.59. The van der Waals surface area contributed by atoms with E-state index in [1.54, 1.807) is 25.4 Å². The van der Waals surface area contributed by atoms with Crippen LogP contribution in [0.3, 0.4) is 0 Å². The van der Waals surface area contributed by atoms with E-state index >= 15 is 0 Å². The predicted octanol–water partition coefficient (Wildman–Crippen LogP) is 3.35. The van der Waals surface area contributed by atoms with Crippen molar-refractivity contribution in [2.24, 2.45) is 0 Å². The van der Waals surface area contributed by atoms with E-state index in [4.69, 9.17) is 15.7 Å². The molecule has 12 nitrogen and oxygen atoms in total. The molecule has 12 heteroatoms. The highest BCUT2D eigenvalue weighted by Crippen LogP contribution is 2.26. The Bertz CT molecular complexity index is 1400. The molecule has 0 aromatic carbocycles. The van der Waals surface area contributed by atoms with Crippen LogP contribution in [-0.2, 0) is 0 Å². The second-order valence-electron chi connectivity index (χ2n) is 10.1. The zero-order valence-electron chi connectivity index (χ0n) is 22.9. The molecule has 7 N–H and O–H groups in total. The van der Waals surface area contributed by atoms with Crippen molar-refractivity contribution in [3.8, 4) is 0 Å². The third-order valence-electron chi connectivity index (χ3n) is 6.77. The van der Waals surface area contributed by atoms with E-state index < -0.39 is 11.6 Å². The number of anilines is 4. The molecule has 1 unspecified atom stereocenters. The number of nitrogens with two attached hydrogens (primary N) is 1. The van der Waals surface area contributed by atoms with E-state index in [1.165, 1.54) is 0 Å². The maximum absolute atomic E-state index is 10.7. The summed E-state index contributed by atoms with van der Waals surface area (Å²) in [5, 5.41) is 30.9. The minimum absolute atomic E-state index is 0.0433. The Hall–Kier alpha value is -3.90. The second-order valence-corrected chi connectivity index (χ2v) is 10.1. The fourth-order valence-corrected chi connectivity index (χ4v) is 4.59. The summed E-state index contributed by atoms with van der Waals surface area (Å²) >= 11 is 0. The van der Waals surface area contributed by atoms with Gasteiger partial charge in [-0.3, -0.25) is 9.97 Å². The highest BCUT2D eigenvalue weighted by molar-refractivity contribution is 5.87. The number of nitrogens with one attached hydrogen (secondary N) is 3. The number of aliphatic hydroxyl groups excluding tert-OH is 2. The van der Waals surface area contributed by atoms with Crippen LogP contribution >= 0.6 is 0 Å². The van der Waals surface area contributed by atoms with Gasteiger partial charge < -0.3 is 31.9 Å². The van der Waals surface area contributed by atoms with Crippen molar-refractivity contribution in [1.29, 1.82) is 0 Å². The zero-order chi connectivity index (χ0) is 28.0. The lowest BCUT2D eigenvalue weighted by atomic mass is 9.97. The molecule has 0 fully saturated rings. The molecule has 39 heavy (non-hydrogen) atoms. The van der Waals surface area contributed by atoms with Gasteiger partial charge in [0.2, 0.25) is 11.9 Å². The van der Waals surface area contributed by atoms with Gasteiger partial charge in [0.15, 0.2) is 11.6 Å². The van der Waals surface area contributed by atoms with Gasteiger partial charge in [0.05, 0.1) is 35.3 Å². The predicted molar refractivity (Wildman–Crippen MR) is 155 cm³/mol. The number of hydrogen-bond acceptors (Lipinski definition) is 12. The van der Waals surface area contributed by atoms with Crippen LogP contribution < -0.4 is 21.7 Å². The smallest absolute Gasteiger partial charge is 0.225 e. The third kappa shape index (κ3) is 6.76. The fraction of sp³-hybridized carbons (Fsp3) is 0.481. The van der Waals surface area contributed by atoms with Crippen LogP contribution in [0.25, 0.3) is 22.1 Å². The number of rotatable bonds is 13. The molecule has 0 amide bonds. The van der Waals surface area contributed by atoms with Gasteiger partial charge in [0.25, 0.3) is 0 Å². The first kappa shape index (κ1) is 28.1. The minimum atomic E-state index is -0.700. The lowest BCUT2D eigenvalue weighted by molar-refractivity contribution is 0.164. The maximum Gasteiger partial charge on any atom is 0.225 e. The van der Waals surface area contributed by atoms with Crippen LogP contribution in [0.15, 0.2) is 36.7 Å². The molecule has 4 aromatic heterocycles. The van der Waals surface area contributed by atoms with Gasteiger partial charge >= 0.3 is 0 Å². The number of aliphatic hydroxyl groups is 2. The number of nitrogens with zero attached hydrogens (tertiary/aromatic N) is 6. The van der Waals surface area contributed by atoms with Gasteiger partial charge in [-0.15, -0.1) is 0 Å². The number of aromatic nitrogens is 6. The highest BCUT2D eigenvalue weighted by atomic mass is 16.3. The molecule has 4 aromatic rings. The molecule has 0 aliphatic carbocycles. The van der Waals surface area contributed by atoms with Crippen molar-refractivity contribution in [3.05, 3.63) is 36.7 Å². The standard InChI is InChI=1S/C27H38N10O2/c1-5-11-27(4,15-38)37-24-22-19(10-8-13-30-22)34-26(36-24)31-17(6-2)14-20(16(3)39)32-23-21-18(9-7-12-29-21)33-25(28)35-23/h7-10,12-13,16-17,20,38-39H,5-6,11,14-15H2,1-4H3,(H3,28,32,33,35)(H2,31,34,36,37)/t16-,17?,20+,27+/m0/s1. The minimum Gasteiger partial charge on any atom is -0.394 e. The van der Waals surface area contributed by atoms with Crippen molar-refractivity contribution in [3.63, 3.8) is 0 Å². The van der Waals surface area contributed by atoms with Gasteiger partial charge in [-0.1, -0.05) is 20.3 Å². The van der Waals surface area contributed by atoms with Crippen molar-refractivity contribution >= 4 is 45.6 Å². The van der Waals surface area contributed by atoms with E-state index in [0.29, 0.717) is 46.1 Å². The molecule has 4 atom stereocenters. The van der Waals surface area contributed by atoms with Gasteiger partial charge in [-0.25, -0.2) is 9.97 Å². The summed E-state index contributed by atoms with van der Waals surface area (Å²) in [6.07, 6.45) is 5.62. The first-order valence-electron chi connectivity index (χ1n) is 13.4. The van der Waals surface area contributed by atoms with Gasteiger partial charge in [0.1, 0.15) is 11.0 Å². The maximum atomic E-state index is 10.7. The van der Waals surface area contributed by atoms with Crippen molar-refractivity contribution in [1.82, 2.24) is 29.9 Å². The number of hydrogen-bond donors (Lipinski definition) is 6. The quantitative estimate of drug-likeness (QED) is 0.147. The zero-order valence-corrected chi connectivity index (χ0v) is 22.9. The molecule has 0 saturated heterocycles. The Labute approximate surface area is 227 Å². The molecule has 0 spiro atoms. The van der Waals surface area contributed by atoms with E-state index in [0.717, 1.165) is 19.3 Å². The Morgan fingerprint density at radius 3 is 2.23 bits per heavy atom. The monoisotopic (exact) mass is 534 g/mol. The van der Waals surface area contributed by atoms with Crippen LogP contribution in [-0.4, -0.2) is 70.5 Å². The summed E-state index contributed by atoms with van der Waals surface area (Å²) in [7, 11) is 0. The number of pyridine rings is 2. The largest absolute Gasteiger partial charge is 0.394 e. The average Bonchev–Trinajstić information content (AvgIpc) is 2.92. The SMILES string of the molecule is CCC[C@](C)(CO)Nc1nc(NC(CC)C[C@@H](Nc2nc(N)nc3cccnc23)[C@H](C)O)nc2cccnc12. The lowest BCUT2D eigenvalue weighted by Gasteiger charge is -2.30. The summed E-state index contributed by atoms with van der Waals surface area (Å²) in [4.78, 5) is 26.9. The molecule has 0 bridgehead atoms. The Morgan fingerprint density at radius 2 is 1.62 bits per heavy atom. The van der Waals surface area contributed by atoms with Crippen molar-refractivity contribution in [2.75, 3.05) is 28.3 Å². The molecule has 0 saturated carbocycles. The first-order valence-corrected chi connectivity index (χ1v) is 13.4. The van der Waals surface area contributed by atoms with Gasteiger partial charge in [-0.05, 0) is 57.4 Å². The second kappa shape index (κ2) is 12.3. The number of nitrogen functional groups attached to an aromatic ring is 1. The third-order valence-corrected chi connectivity index (χ3v) is 6.77. The van der Waals surface area contributed by atoms with E-state index in [1.807, 2.05) is 25.1 Å². The van der Waals surface area contributed by atoms with Gasteiger partial charge in [0, 0.05) is 18.4 Å². The molecular weight excluding hydrogens is 496 g/mol. The molecule has 0 aliphatic heterocycles. The normalized spacial score (nSPS) is 15.4.